The second kappa shape index (κ2) is 9.00. The zero-order valence-electron chi connectivity index (χ0n) is 14.9. The molecule has 0 radical (unpaired) electrons. The molecule has 0 unspecified atom stereocenters. The number of carbonyl (C=O) groups excluding carboxylic acids is 3. The van der Waals surface area contributed by atoms with Crippen molar-refractivity contribution in [3.8, 4) is 5.75 Å². The minimum Gasteiger partial charge on any atom is -0.508 e. The number of hydrogen-bond acceptors (Lipinski definition) is 5. The van der Waals surface area contributed by atoms with Crippen molar-refractivity contribution in [3.05, 3.63) is 42.0 Å². The number of nitrogens with zero attached hydrogens (tertiary/aromatic N) is 2. The van der Waals surface area contributed by atoms with Crippen molar-refractivity contribution in [2.75, 3.05) is 33.7 Å². The second-order valence-electron chi connectivity index (χ2n) is 6.29. The van der Waals surface area contributed by atoms with Crippen LogP contribution in [0.3, 0.4) is 0 Å². The first kappa shape index (κ1) is 19.5. The number of benzene rings is 1. The standard InChI is InChI=1S/C18H24N4O4/c1-21(2)14(11-13-3-5-15(23)6-4-13)12-20-18(26)19-9-10-22-16(24)7-8-17(22)25/h3-8,14,23H,9-12H2,1-2H3,(H2,19,20,26)/t14-/m0/s1. The van der Waals surface area contributed by atoms with Gasteiger partial charge < -0.3 is 20.6 Å². The predicted molar refractivity (Wildman–Crippen MR) is 96.5 cm³/mol. The van der Waals surface area contributed by atoms with Crippen LogP contribution in [0.4, 0.5) is 4.79 Å². The SMILES string of the molecule is CN(C)[C@H](CNC(=O)NCCN1C(=O)C=CC1=O)Cc1ccc(O)cc1. The van der Waals surface area contributed by atoms with Gasteiger partial charge in [0.15, 0.2) is 0 Å². The molecule has 0 aliphatic carbocycles. The topological polar surface area (TPSA) is 102 Å². The van der Waals surface area contributed by atoms with Crippen LogP contribution in [0.1, 0.15) is 5.56 Å². The first-order valence-electron chi connectivity index (χ1n) is 8.36. The van der Waals surface area contributed by atoms with E-state index in [-0.39, 0.29) is 42.7 Å². The summed E-state index contributed by atoms with van der Waals surface area (Å²) in [5.41, 5.74) is 1.06. The molecule has 1 aliphatic heterocycles. The Kier molecular flexibility index (Phi) is 6.74. The number of imide groups is 1. The molecule has 0 spiro atoms. The molecule has 0 bridgehead atoms. The minimum absolute atomic E-state index is 0.0798. The number of amides is 4. The molecule has 1 aromatic rings. The smallest absolute Gasteiger partial charge is 0.314 e. The van der Waals surface area contributed by atoms with Crippen LogP contribution in [0.15, 0.2) is 36.4 Å². The Balaban J connectivity index is 1.73. The molecule has 140 valence electrons. The molecule has 8 heteroatoms. The van der Waals surface area contributed by atoms with Crippen LogP contribution < -0.4 is 10.6 Å². The average Bonchev–Trinajstić information content (AvgIpc) is 2.92. The number of aromatic hydroxyl groups is 1. The minimum atomic E-state index is -0.362. The number of nitrogens with one attached hydrogen (secondary N) is 2. The number of rotatable bonds is 8. The van der Waals surface area contributed by atoms with E-state index in [0.717, 1.165) is 16.9 Å². The van der Waals surface area contributed by atoms with E-state index in [0.29, 0.717) is 6.54 Å². The van der Waals surface area contributed by atoms with Crippen molar-refractivity contribution < 1.29 is 19.5 Å². The Hall–Kier alpha value is -2.87. The summed E-state index contributed by atoms with van der Waals surface area (Å²) in [6.07, 6.45) is 3.15. The predicted octanol–water partition coefficient (Wildman–Crippen LogP) is 0.0891. The van der Waals surface area contributed by atoms with Crippen LogP contribution in [-0.2, 0) is 16.0 Å². The van der Waals surface area contributed by atoms with E-state index in [4.69, 9.17) is 0 Å². The van der Waals surface area contributed by atoms with Gasteiger partial charge in [-0.2, -0.15) is 0 Å². The van der Waals surface area contributed by atoms with Gasteiger partial charge in [-0.05, 0) is 38.2 Å². The largest absolute Gasteiger partial charge is 0.508 e. The third-order valence-electron chi connectivity index (χ3n) is 4.16. The summed E-state index contributed by atoms with van der Waals surface area (Å²) in [4.78, 5) is 37.8. The molecule has 0 aromatic heterocycles. The molecule has 4 amide bonds. The lowest BCUT2D eigenvalue weighted by Crippen LogP contribution is -2.47. The highest BCUT2D eigenvalue weighted by Crippen LogP contribution is 2.12. The summed E-state index contributed by atoms with van der Waals surface area (Å²) in [7, 11) is 3.87. The Morgan fingerprint density at radius 3 is 2.31 bits per heavy atom. The lowest BCUT2D eigenvalue weighted by atomic mass is 10.1. The van der Waals surface area contributed by atoms with Crippen molar-refractivity contribution in [2.24, 2.45) is 0 Å². The number of urea groups is 1. The molecule has 0 saturated carbocycles. The Morgan fingerprint density at radius 2 is 1.73 bits per heavy atom. The quantitative estimate of drug-likeness (QED) is 0.570. The van der Waals surface area contributed by atoms with Crippen LogP contribution in [0.5, 0.6) is 5.75 Å². The van der Waals surface area contributed by atoms with Crippen LogP contribution in [0.2, 0.25) is 0 Å². The summed E-state index contributed by atoms with van der Waals surface area (Å²) in [6, 6.07) is 6.70. The van der Waals surface area contributed by atoms with Crippen molar-refractivity contribution in [1.29, 1.82) is 0 Å². The zero-order valence-corrected chi connectivity index (χ0v) is 14.9. The lowest BCUT2D eigenvalue weighted by Gasteiger charge is -2.25. The second-order valence-corrected chi connectivity index (χ2v) is 6.29. The zero-order chi connectivity index (χ0) is 19.1. The van der Waals surface area contributed by atoms with Gasteiger partial charge in [0.05, 0.1) is 0 Å². The van der Waals surface area contributed by atoms with E-state index in [9.17, 15) is 19.5 Å². The maximum absolute atomic E-state index is 11.9. The fraction of sp³-hybridized carbons (Fsp3) is 0.389. The molecule has 1 heterocycles. The fourth-order valence-corrected chi connectivity index (χ4v) is 2.55. The van der Waals surface area contributed by atoms with Gasteiger partial charge in [0.2, 0.25) is 0 Å². The van der Waals surface area contributed by atoms with Crippen LogP contribution in [0, 0.1) is 0 Å². The lowest BCUT2D eigenvalue weighted by molar-refractivity contribution is -0.136. The molecule has 0 fully saturated rings. The summed E-state index contributed by atoms with van der Waals surface area (Å²) in [5.74, 6) is -0.504. The summed E-state index contributed by atoms with van der Waals surface area (Å²) < 4.78 is 0. The number of carbonyl (C=O) groups is 3. The monoisotopic (exact) mass is 360 g/mol. The first-order valence-corrected chi connectivity index (χ1v) is 8.36. The average molecular weight is 360 g/mol. The van der Waals surface area contributed by atoms with Crippen molar-refractivity contribution >= 4 is 17.8 Å². The van der Waals surface area contributed by atoms with Gasteiger partial charge in [-0.15, -0.1) is 0 Å². The van der Waals surface area contributed by atoms with E-state index in [1.54, 1.807) is 12.1 Å². The summed E-state index contributed by atoms with van der Waals surface area (Å²) in [6.45, 7) is 0.765. The van der Waals surface area contributed by atoms with E-state index in [1.807, 2.05) is 31.1 Å². The molecular weight excluding hydrogens is 336 g/mol. The molecule has 26 heavy (non-hydrogen) atoms. The fourth-order valence-electron chi connectivity index (χ4n) is 2.55. The van der Waals surface area contributed by atoms with Gasteiger partial charge in [0, 0.05) is 37.8 Å². The van der Waals surface area contributed by atoms with Gasteiger partial charge >= 0.3 is 6.03 Å². The normalized spacial score (nSPS) is 14.8. The van der Waals surface area contributed by atoms with Gasteiger partial charge in [0.1, 0.15) is 5.75 Å². The van der Waals surface area contributed by atoms with Crippen LogP contribution in [0.25, 0.3) is 0 Å². The van der Waals surface area contributed by atoms with E-state index in [1.165, 1.54) is 12.2 Å². The van der Waals surface area contributed by atoms with Crippen LogP contribution >= 0.6 is 0 Å². The van der Waals surface area contributed by atoms with Crippen molar-refractivity contribution in [2.45, 2.75) is 12.5 Å². The van der Waals surface area contributed by atoms with Crippen molar-refractivity contribution in [1.82, 2.24) is 20.4 Å². The molecule has 1 aliphatic rings. The van der Waals surface area contributed by atoms with E-state index >= 15 is 0 Å². The Morgan fingerprint density at radius 1 is 1.12 bits per heavy atom. The maximum atomic E-state index is 11.9. The third-order valence-corrected chi connectivity index (χ3v) is 4.16. The number of phenols is 1. The Bertz CT molecular complexity index is 667. The molecule has 3 N–H and O–H groups in total. The number of phenolic OH excluding ortho intramolecular Hbond substituents is 1. The molecular formula is C18H24N4O4. The molecule has 8 nitrogen and oxygen atoms in total. The van der Waals surface area contributed by atoms with E-state index in [2.05, 4.69) is 10.6 Å². The Labute approximate surface area is 152 Å². The maximum Gasteiger partial charge on any atom is 0.314 e. The van der Waals surface area contributed by atoms with Gasteiger partial charge in [-0.3, -0.25) is 14.5 Å². The highest BCUT2D eigenvalue weighted by Gasteiger charge is 2.22. The first-order chi connectivity index (χ1) is 12.4. The molecule has 1 atom stereocenters. The molecule has 0 saturated heterocycles. The van der Waals surface area contributed by atoms with Crippen molar-refractivity contribution in [3.63, 3.8) is 0 Å². The highest BCUT2D eigenvalue weighted by molar-refractivity contribution is 6.12. The number of hydrogen-bond donors (Lipinski definition) is 3. The summed E-state index contributed by atoms with van der Waals surface area (Å²) in [5, 5.41) is 14.8. The number of likely N-dealkylation sites (N-methyl/N-ethyl adjacent to an activating group) is 1. The van der Waals surface area contributed by atoms with Gasteiger partial charge in [-0.25, -0.2) is 4.79 Å². The summed E-state index contributed by atoms with van der Waals surface area (Å²) >= 11 is 0. The van der Waals surface area contributed by atoms with E-state index < -0.39 is 0 Å². The molecule has 1 aromatic carbocycles. The highest BCUT2D eigenvalue weighted by atomic mass is 16.3. The third kappa shape index (κ3) is 5.59. The van der Waals surface area contributed by atoms with Gasteiger partial charge in [0.25, 0.3) is 11.8 Å². The van der Waals surface area contributed by atoms with Crippen LogP contribution in [-0.4, -0.2) is 72.5 Å². The molecule has 2 rings (SSSR count). The van der Waals surface area contributed by atoms with Gasteiger partial charge in [-0.1, -0.05) is 12.1 Å².